The summed E-state index contributed by atoms with van der Waals surface area (Å²) in [4.78, 5) is 16.6. The van der Waals surface area contributed by atoms with Crippen LogP contribution in [0.15, 0.2) is 34.5 Å². The highest BCUT2D eigenvalue weighted by Crippen LogP contribution is 2.38. The summed E-state index contributed by atoms with van der Waals surface area (Å²) in [6, 6.07) is 4.82. The van der Waals surface area contributed by atoms with Crippen LogP contribution in [0.3, 0.4) is 0 Å². The molecule has 2 N–H and O–H groups in total. The van der Waals surface area contributed by atoms with Gasteiger partial charge in [0.1, 0.15) is 11.5 Å². The molecular weight excluding hydrogens is 315 g/mol. The molecule has 1 aromatic rings. The topological polar surface area (TPSA) is 55.4 Å². The summed E-state index contributed by atoms with van der Waals surface area (Å²) in [7, 11) is 0. The van der Waals surface area contributed by atoms with Crippen LogP contribution in [0.4, 0.5) is 4.39 Å². The standard InChI is InChI=1S/C18H22ClFN2O/c1-11(2)17(22-10-21)18(23)13-5-3-12(4-6-13)15-8-7-14(19)9-16(15)20/h7-10,12-13H,3-6H2,1-2H3,(H2,21,22). The number of nitrogens with zero attached hydrogens (tertiary/aromatic N) is 1. The fourth-order valence-corrected chi connectivity index (χ4v) is 3.36. The molecule has 124 valence electrons. The number of carbonyl (C=O) groups excluding carboxylic acids is 1. The van der Waals surface area contributed by atoms with Gasteiger partial charge in [-0.3, -0.25) is 4.79 Å². The third-order valence-electron chi connectivity index (χ3n) is 4.41. The van der Waals surface area contributed by atoms with Gasteiger partial charge in [0.15, 0.2) is 5.78 Å². The molecule has 0 bridgehead atoms. The lowest BCUT2D eigenvalue weighted by Crippen LogP contribution is -2.23. The minimum Gasteiger partial charge on any atom is -0.390 e. The highest BCUT2D eigenvalue weighted by Gasteiger charge is 2.30. The van der Waals surface area contributed by atoms with Crippen LogP contribution in [0.2, 0.25) is 5.02 Å². The first-order chi connectivity index (χ1) is 10.9. The highest BCUT2D eigenvalue weighted by atomic mass is 35.5. The zero-order chi connectivity index (χ0) is 17.0. The molecule has 0 spiro atoms. The van der Waals surface area contributed by atoms with Crippen molar-refractivity contribution in [1.29, 1.82) is 0 Å². The van der Waals surface area contributed by atoms with Gasteiger partial charge in [-0.2, -0.15) is 0 Å². The quantitative estimate of drug-likeness (QED) is 0.496. The molecule has 0 aromatic heterocycles. The zero-order valence-corrected chi connectivity index (χ0v) is 14.2. The fraction of sp³-hybridized carbons (Fsp3) is 0.444. The van der Waals surface area contributed by atoms with E-state index in [1.165, 1.54) is 6.07 Å². The van der Waals surface area contributed by atoms with Crippen molar-refractivity contribution in [3.63, 3.8) is 0 Å². The molecule has 0 unspecified atom stereocenters. The van der Waals surface area contributed by atoms with E-state index in [1.807, 2.05) is 13.8 Å². The van der Waals surface area contributed by atoms with Crippen molar-refractivity contribution in [2.45, 2.75) is 45.4 Å². The van der Waals surface area contributed by atoms with Crippen LogP contribution < -0.4 is 5.73 Å². The summed E-state index contributed by atoms with van der Waals surface area (Å²) < 4.78 is 14.0. The predicted molar refractivity (Wildman–Crippen MR) is 92.2 cm³/mol. The second-order valence-corrected chi connectivity index (χ2v) is 6.64. The smallest absolute Gasteiger partial charge is 0.184 e. The maximum absolute atomic E-state index is 14.0. The molecule has 0 amide bonds. The largest absolute Gasteiger partial charge is 0.390 e. The first kappa shape index (κ1) is 17.7. The average molecular weight is 337 g/mol. The molecule has 0 saturated heterocycles. The van der Waals surface area contributed by atoms with E-state index in [2.05, 4.69) is 4.99 Å². The number of Topliss-reactive ketones (excluding diaryl/α,β-unsaturated/α-hetero) is 1. The van der Waals surface area contributed by atoms with Crippen molar-refractivity contribution in [2.24, 2.45) is 16.6 Å². The first-order valence-corrected chi connectivity index (χ1v) is 8.22. The summed E-state index contributed by atoms with van der Waals surface area (Å²) in [6.45, 7) is 3.71. The number of nitrogens with two attached hydrogens (primary N) is 1. The van der Waals surface area contributed by atoms with Crippen LogP contribution in [0.5, 0.6) is 0 Å². The Hall–Kier alpha value is -1.68. The second-order valence-electron chi connectivity index (χ2n) is 6.21. The van der Waals surface area contributed by atoms with E-state index in [4.69, 9.17) is 17.3 Å². The maximum atomic E-state index is 14.0. The molecule has 0 heterocycles. The zero-order valence-electron chi connectivity index (χ0n) is 13.5. The number of carbonyl (C=O) groups is 1. The minimum atomic E-state index is -0.259. The predicted octanol–water partition coefficient (Wildman–Crippen LogP) is 4.60. The molecule has 1 saturated carbocycles. The van der Waals surface area contributed by atoms with E-state index in [9.17, 15) is 9.18 Å². The van der Waals surface area contributed by atoms with Gasteiger partial charge in [0.25, 0.3) is 0 Å². The Labute approximate surface area is 141 Å². The van der Waals surface area contributed by atoms with Crippen molar-refractivity contribution < 1.29 is 9.18 Å². The van der Waals surface area contributed by atoms with E-state index in [0.717, 1.165) is 37.6 Å². The molecule has 1 aliphatic carbocycles. The lowest BCUT2D eigenvalue weighted by atomic mass is 9.76. The van der Waals surface area contributed by atoms with Gasteiger partial charge in [-0.05, 0) is 68.7 Å². The van der Waals surface area contributed by atoms with E-state index in [-0.39, 0.29) is 23.4 Å². The van der Waals surface area contributed by atoms with Crippen LogP contribution >= 0.6 is 11.6 Å². The van der Waals surface area contributed by atoms with Crippen molar-refractivity contribution in [2.75, 3.05) is 0 Å². The van der Waals surface area contributed by atoms with Crippen molar-refractivity contribution in [3.8, 4) is 0 Å². The molecule has 0 aliphatic heterocycles. The molecule has 0 atom stereocenters. The van der Waals surface area contributed by atoms with Crippen LogP contribution in [0.1, 0.15) is 51.0 Å². The summed E-state index contributed by atoms with van der Waals surface area (Å²) >= 11 is 5.80. The third kappa shape index (κ3) is 4.20. The Balaban J connectivity index is 2.06. The molecule has 1 aromatic carbocycles. The Bertz CT molecular complexity index is 642. The number of halogens is 2. The summed E-state index contributed by atoms with van der Waals surface area (Å²) in [5.74, 6) is -0.133. The molecule has 1 fully saturated rings. The van der Waals surface area contributed by atoms with Crippen molar-refractivity contribution in [1.82, 2.24) is 0 Å². The molecule has 2 rings (SSSR count). The lowest BCUT2D eigenvalue weighted by molar-refractivity contribution is -0.120. The van der Waals surface area contributed by atoms with Crippen LogP contribution in [-0.2, 0) is 4.79 Å². The van der Waals surface area contributed by atoms with Crippen molar-refractivity contribution in [3.05, 3.63) is 45.9 Å². The molecule has 0 radical (unpaired) electrons. The Morgan fingerprint density at radius 2 is 1.96 bits per heavy atom. The van der Waals surface area contributed by atoms with Gasteiger partial charge in [0.2, 0.25) is 0 Å². The number of hydrogen-bond acceptors (Lipinski definition) is 2. The van der Waals surface area contributed by atoms with Gasteiger partial charge in [0, 0.05) is 10.9 Å². The molecule has 1 aliphatic rings. The van der Waals surface area contributed by atoms with Gasteiger partial charge < -0.3 is 5.73 Å². The van der Waals surface area contributed by atoms with Gasteiger partial charge in [-0.1, -0.05) is 17.7 Å². The molecular formula is C18H22ClFN2O. The minimum absolute atomic E-state index is 0.0433. The molecule has 23 heavy (non-hydrogen) atoms. The fourth-order valence-electron chi connectivity index (χ4n) is 3.21. The Morgan fingerprint density at radius 1 is 1.30 bits per heavy atom. The lowest BCUT2D eigenvalue weighted by Gasteiger charge is -2.28. The summed E-state index contributed by atoms with van der Waals surface area (Å²) in [5.41, 5.74) is 7.34. The van der Waals surface area contributed by atoms with E-state index in [1.54, 1.807) is 12.1 Å². The molecule has 3 nitrogen and oxygen atoms in total. The van der Waals surface area contributed by atoms with Crippen LogP contribution in [0.25, 0.3) is 0 Å². The second kappa shape index (κ2) is 7.73. The van der Waals surface area contributed by atoms with E-state index in [0.29, 0.717) is 16.3 Å². The number of aliphatic imine (C=N–C) groups is 1. The van der Waals surface area contributed by atoms with Crippen molar-refractivity contribution >= 4 is 23.7 Å². The van der Waals surface area contributed by atoms with Gasteiger partial charge in [-0.15, -0.1) is 0 Å². The summed E-state index contributed by atoms with van der Waals surface area (Å²) in [5, 5.41) is 0.406. The Kier molecular flexibility index (Phi) is 5.94. The highest BCUT2D eigenvalue weighted by molar-refractivity contribution is 6.30. The molecule has 5 heteroatoms. The number of hydrogen-bond donors (Lipinski definition) is 1. The SMILES string of the molecule is CC(C)=C(N=CN)C(=O)C1CCC(c2ccc(Cl)cc2F)CC1. The third-order valence-corrected chi connectivity index (χ3v) is 4.65. The number of allylic oxidation sites excluding steroid dienone is 2. The van der Waals surface area contributed by atoms with E-state index >= 15 is 0 Å². The number of ketones is 1. The van der Waals surface area contributed by atoms with Crippen LogP contribution in [0, 0.1) is 11.7 Å². The number of rotatable bonds is 4. The summed E-state index contributed by atoms with van der Waals surface area (Å²) in [6.07, 6.45) is 4.22. The Morgan fingerprint density at radius 3 is 2.48 bits per heavy atom. The van der Waals surface area contributed by atoms with E-state index < -0.39 is 0 Å². The maximum Gasteiger partial charge on any atom is 0.184 e. The van der Waals surface area contributed by atoms with Crippen LogP contribution in [-0.4, -0.2) is 12.1 Å². The van der Waals surface area contributed by atoms with Gasteiger partial charge in [0.05, 0.1) is 6.34 Å². The van der Waals surface area contributed by atoms with Gasteiger partial charge >= 0.3 is 0 Å². The van der Waals surface area contributed by atoms with Gasteiger partial charge in [-0.25, -0.2) is 9.38 Å². The first-order valence-electron chi connectivity index (χ1n) is 7.85. The average Bonchev–Trinajstić information content (AvgIpc) is 2.52. The monoisotopic (exact) mass is 336 g/mol. The number of benzene rings is 1. The normalized spacial score (nSPS) is 21.4.